The van der Waals surface area contributed by atoms with Crippen LogP contribution in [0.25, 0.3) is 0 Å². The maximum absolute atomic E-state index is 11.1. The monoisotopic (exact) mass is 261 g/mol. The first kappa shape index (κ1) is 16.8. The number of rotatable bonds is 3. The van der Waals surface area contributed by atoms with Gasteiger partial charge in [-0.15, -0.1) is 0 Å². The molecular weight excluding hydrogens is 241 g/mol. The van der Waals surface area contributed by atoms with Gasteiger partial charge in [0, 0.05) is 5.92 Å². The van der Waals surface area contributed by atoms with Gasteiger partial charge in [-0.3, -0.25) is 4.55 Å². The molecule has 2 fully saturated rings. The Morgan fingerprint density at radius 3 is 2.12 bits per heavy atom. The third-order valence-corrected chi connectivity index (χ3v) is 5.33. The molecule has 2 rings (SSSR count). The van der Waals surface area contributed by atoms with Gasteiger partial charge in [-0.2, -0.15) is 8.42 Å². The Balaban J connectivity index is 0. The van der Waals surface area contributed by atoms with Crippen molar-refractivity contribution in [2.45, 2.75) is 37.5 Å². The molecule has 3 atom stereocenters. The third-order valence-electron chi connectivity index (χ3n) is 3.88. The predicted molar refractivity (Wildman–Crippen MR) is 57.2 cm³/mol. The zero-order chi connectivity index (χ0) is 10.6. The number of aliphatic hydroxyl groups is 1. The van der Waals surface area contributed by atoms with Crippen LogP contribution in [0.1, 0.15) is 34.0 Å². The summed E-state index contributed by atoms with van der Waals surface area (Å²) >= 11 is 0. The average molecular weight is 261 g/mol. The molecule has 0 radical (unpaired) electrons. The van der Waals surface area contributed by atoms with E-state index in [2.05, 4.69) is 0 Å². The van der Waals surface area contributed by atoms with E-state index >= 15 is 0 Å². The fraction of sp³-hybridized carbons (Fsp3) is 1.00. The Bertz CT molecular complexity index is 343. The van der Waals surface area contributed by atoms with E-state index in [1.165, 1.54) is 0 Å². The topological polar surface area (TPSA) is 110 Å². The fourth-order valence-corrected chi connectivity index (χ4v) is 4.14. The van der Waals surface area contributed by atoms with Crippen LogP contribution in [0.5, 0.6) is 0 Å². The van der Waals surface area contributed by atoms with Gasteiger partial charge in [-0.1, -0.05) is 13.3 Å². The van der Waals surface area contributed by atoms with Crippen molar-refractivity contribution in [2.75, 3.05) is 0 Å². The molecule has 2 aliphatic rings. The minimum Gasteiger partial charge on any atom is -1.00 e. The molecule has 16 heavy (non-hydrogen) atoms. The SMILES string of the molecule is CCC(O)(C1C2CCCC21)S(=O)(=O)O.N.[H-].[Na+]. The second-order valence-electron chi connectivity index (χ2n) is 4.46. The van der Waals surface area contributed by atoms with E-state index in [0.717, 1.165) is 19.3 Å². The number of fused-ring (bicyclic) bond motifs is 1. The summed E-state index contributed by atoms with van der Waals surface area (Å²) in [6, 6.07) is 0. The van der Waals surface area contributed by atoms with E-state index in [1.54, 1.807) is 6.92 Å². The van der Waals surface area contributed by atoms with Gasteiger partial charge >= 0.3 is 29.6 Å². The first-order valence-corrected chi connectivity index (χ1v) is 6.55. The van der Waals surface area contributed by atoms with Crippen LogP contribution in [0.3, 0.4) is 0 Å². The molecule has 3 unspecified atom stereocenters. The zero-order valence-electron chi connectivity index (χ0n) is 10.9. The summed E-state index contributed by atoms with van der Waals surface area (Å²) in [4.78, 5) is -1.89. The van der Waals surface area contributed by atoms with Gasteiger partial charge in [0.2, 0.25) is 0 Å². The molecule has 0 aromatic carbocycles. The molecule has 5 N–H and O–H groups in total. The van der Waals surface area contributed by atoms with E-state index in [0.29, 0.717) is 11.8 Å². The average Bonchev–Trinajstić information content (AvgIpc) is 2.57. The first-order chi connectivity index (χ1) is 6.42. The number of hydrogen-bond acceptors (Lipinski definition) is 4. The van der Waals surface area contributed by atoms with Crippen molar-refractivity contribution in [1.29, 1.82) is 0 Å². The maximum Gasteiger partial charge on any atom is 1.00 e. The Kier molecular flexibility index (Phi) is 5.49. The van der Waals surface area contributed by atoms with Crippen LogP contribution in [0.15, 0.2) is 0 Å². The molecule has 0 aliphatic heterocycles. The quantitative estimate of drug-likeness (QED) is 0.414. The second kappa shape index (κ2) is 5.22. The van der Waals surface area contributed by atoms with Crippen molar-refractivity contribution in [1.82, 2.24) is 6.15 Å². The fourth-order valence-electron chi connectivity index (χ4n) is 3.08. The second-order valence-corrected chi connectivity index (χ2v) is 6.11. The molecule has 0 bridgehead atoms. The van der Waals surface area contributed by atoms with Crippen LogP contribution in [-0.2, 0) is 10.1 Å². The molecule has 5 nitrogen and oxygen atoms in total. The van der Waals surface area contributed by atoms with Crippen LogP contribution in [0.2, 0.25) is 0 Å². The van der Waals surface area contributed by atoms with Gasteiger partial charge in [0.25, 0.3) is 10.1 Å². The third kappa shape index (κ3) is 2.34. The maximum atomic E-state index is 11.1. The molecule has 2 saturated carbocycles. The molecule has 0 aromatic heterocycles. The summed E-state index contributed by atoms with van der Waals surface area (Å²) in [6.45, 7) is 1.60. The standard InChI is InChI=1S/C9H16O4S.H3N.Na.H/c1-2-9(10,14(11,12)13)8-6-4-3-5-7(6)8;;;/h6-8,10H,2-5H2,1H3,(H,11,12,13);1H3;;/q;;+1;-1. The molecule has 0 heterocycles. The van der Waals surface area contributed by atoms with Crippen LogP contribution in [0, 0.1) is 17.8 Å². The molecule has 92 valence electrons. The van der Waals surface area contributed by atoms with Crippen molar-refractivity contribution in [3.8, 4) is 0 Å². The summed E-state index contributed by atoms with van der Waals surface area (Å²) < 4.78 is 31.2. The van der Waals surface area contributed by atoms with Crippen molar-refractivity contribution in [2.24, 2.45) is 17.8 Å². The van der Waals surface area contributed by atoms with E-state index < -0.39 is 15.1 Å². The molecular formula is C9H20NNaO4S. The van der Waals surface area contributed by atoms with Crippen molar-refractivity contribution in [3.63, 3.8) is 0 Å². The molecule has 0 saturated heterocycles. The van der Waals surface area contributed by atoms with Crippen molar-refractivity contribution < 1.29 is 49.1 Å². The molecule has 0 amide bonds. The Hall–Kier alpha value is 0.830. The van der Waals surface area contributed by atoms with Gasteiger partial charge in [0.1, 0.15) is 0 Å². The number of hydrogen-bond donors (Lipinski definition) is 3. The normalized spacial score (nSPS) is 35.3. The zero-order valence-corrected chi connectivity index (χ0v) is 12.7. The van der Waals surface area contributed by atoms with Crippen molar-refractivity contribution in [3.05, 3.63) is 0 Å². The summed E-state index contributed by atoms with van der Waals surface area (Å²) in [7, 11) is -4.34. The molecule has 7 heteroatoms. The van der Waals surface area contributed by atoms with E-state index in [4.69, 9.17) is 4.55 Å². The Morgan fingerprint density at radius 1 is 1.38 bits per heavy atom. The van der Waals surface area contributed by atoms with Gasteiger partial charge in [0.15, 0.2) is 4.93 Å². The minimum atomic E-state index is -4.34. The summed E-state index contributed by atoms with van der Waals surface area (Å²) in [5.41, 5.74) is 0. The van der Waals surface area contributed by atoms with Crippen LogP contribution >= 0.6 is 0 Å². The largest absolute Gasteiger partial charge is 1.00 e. The van der Waals surface area contributed by atoms with Crippen LogP contribution < -0.4 is 35.7 Å². The summed E-state index contributed by atoms with van der Waals surface area (Å²) in [5.74, 6) is 0.417. The smallest absolute Gasteiger partial charge is 1.00 e. The summed E-state index contributed by atoms with van der Waals surface area (Å²) in [5, 5.41) is 9.96. The Morgan fingerprint density at radius 2 is 1.81 bits per heavy atom. The van der Waals surface area contributed by atoms with Crippen LogP contribution in [-0.4, -0.2) is 23.0 Å². The van der Waals surface area contributed by atoms with Gasteiger partial charge in [-0.05, 0) is 31.1 Å². The van der Waals surface area contributed by atoms with E-state index in [1.807, 2.05) is 0 Å². The first-order valence-electron chi connectivity index (χ1n) is 5.11. The molecule has 0 aromatic rings. The van der Waals surface area contributed by atoms with Gasteiger partial charge in [-0.25, -0.2) is 0 Å². The molecule has 0 spiro atoms. The van der Waals surface area contributed by atoms with E-state index in [9.17, 15) is 13.5 Å². The van der Waals surface area contributed by atoms with Crippen LogP contribution in [0.4, 0.5) is 0 Å². The van der Waals surface area contributed by atoms with Gasteiger partial charge in [0.05, 0.1) is 0 Å². The van der Waals surface area contributed by atoms with E-state index in [-0.39, 0.29) is 49.5 Å². The molecule has 2 aliphatic carbocycles. The predicted octanol–water partition coefficient (Wildman–Crippen LogP) is -1.70. The van der Waals surface area contributed by atoms with Crippen molar-refractivity contribution >= 4 is 10.1 Å². The summed E-state index contributed by atoms with van der Waals surface area (Å²) in [6.07, 6.45) is 3.18. The van der Waals surface area contributed by atoms with Gasteiger partial charge < -0.3 is 12.7 Å². The minimum absolute atomic E-state index is 0. The Labute approximate surface area is 120 Å².